The number of carboxylic acids is 1. The molecule has 10 atom stereocenters. The predicted octanol–water partition coefficient (Wildman–Crippen LogP) is 10.2. The van der Waals surface area contributed by atoms with Crippen LogP contribution in [0.2, 0.25) is 0 Å². The Morgan fingerprint density at radius 2 is 1.52 bits per heavy atom. The van der Waals surface area contributed by atoms with Crippen molar-refractivity contribution in [1.82, 2.24) is 4.90 Å². The highest BCUT2D eigenvalue weighted by Gasteiger charge is 2.71. The highest BCUT2D eigenvalue weighted by molar-refractivity contribution is 5.76. The Bertz CT molecular complexity index is 1350. The van der Waals surface area contributed by atoms with Crippen molar-refractivity contribution < 1.29 is 24.2 Å². The van der Waals surface area contributed by atoms with E-state index in [9.17, 15) is 19.5 Å². The highest BCUT2D eigenvalue weighted by atomic mass is 16.5. The van der Waals surface area contributed by atoms with Gasteiger partial charge in [0.1, 0.15) is 6.10 Å². The summed E-state index contributed by atoms with van der Waals surface area (Å²) in [5.74, 6) is 2.27. The largest absolute Gasteiger partial charge is 0.481 e. The Balaban J connectivity index is 1.21. The Morgan fingerprint density at radius 3 is 2.18 bits per heavy atom. The standard InChI is InChI=1S/C44H71NO5/c1-29(2)30-15-21-44(22-18-35(46)45-25-11-10-12-26-45)24-23-42(8)31(38(30)44)13-14-33-41(7)19-17-34(40(5,6)32(41)16-20-43(33,42)9)50-37(49)28-39(3,4)27-36(47)48/h30-34,38H,1,10-28H2,2-9H3,(H,47,48)/t30-,31+,32-,33+,34-,38+,41-,42+,43+,44-/m0/s1. The normalized spacial score (nSPS) is 42.4. The van der Waals surface area contributed by atoms with E-state index in [0.717, 1.165) is 51.6 Å². The van der Waals surface area contributed by atoms with E-state index in [-0.39, 0.29) is 52.0 Å². The fourth-order valence-corrected chi connectivity index (χ4v) is 14.6. The van der Waals surface area contributed by atoms with Crippen LogP contribution in [0.5, 0.6) is 0 Å². The zero-order chi connectivity index (χ0) is 36.5. The van der Waals surface area contributed by atoms with Crippen LogP contribution >= 0.6 is 0 Å². The van der Waals surface area contributed by atoms with Crippen LogP contribution in [0.1, 0.15) is 165 Å². The van der Waals surface area contributed by atoms with Crippen LogP contribution in [0.25, 0.3) is 0 Å². The maximum atomic E-state index is 13.5. The molecule has 6 fully saturated rings. The zero-order valence-electron chi connectivity index (χ0n) is 33.1. The first-order chi connectivity index (χ1) is 23.3. The first kappa shape index (κ1) is 37.9. The fraction of sp³-hybridized carbons (Fsp3) is 0.886. The van der Waals surface area contributed by atoms with Crippen molar-refractivity contribution in [2.45, 2.75) is 171 Å². The number of hydrogen-bond donors (Lipinski definition) is 1. The van der Waals surface area contributed by atoms with Gasteiger partial charge >= 0.3 is 11.9 Å². The highest BCUT2D eigenvalue weighted by Crippen LogP contribution is 2.78. The topological polar surface area (TPSA) is 83.9 Å². The number of hydrogen-bond acceptors (Lipinski definition) is 4. The van der Waals surface area contributed by atoms with Crippen molar-refractivity contribution in [2.24, 2.45) is 62.1 Å². The summed E-state index contributed by atoms with van der Waals surface area (Å²) >= 11 is 0. The molecule has 0 aromatic heterocycles. The lowest BCUT2D eigenvalue weighted by molar-refractivity contribution is -0.250. The minimum atomic E-state index is -0.875. The number of rotatable bonds is 9. The van der Waals surface area contributed by atoms with E-state index in [0.29, 0.717) is 35.5 Å². The van der Waals surface area contributed by atoms with E-state index in [1.54, 1.807) is 0 Å². The van der Waals surface area contributed by atoms with E-state index < -0.39 is 11.4 Å². The van der Waals surface area contributed by atoms with Gasteiger partial charge in [-0.3, -0.25) is 14.4 Å². The summed E-state index contributed by atoms with van der Waals surface area (Å²) in [5, 5.41) is 9.34. The molecule has 5 saturated carbocycles. The number of nitrogens with zero attached hydrogens (tertiary/aromatic N) is 1. The molecule has 282 valence electrons. The molecule has 1 N–H and O–H groups in total. The number of ether oxygens (including phenoxy) is 1. The third-order valence-corrected chi connectivity index (χ3v) is 17.3. The van der Waals surface area contributed by atoms with Crippen LogP contribution in [-0.2, 0) is 19.1 Å². The predicted molar refractivity (Wildman–Crippen MR) is 199 cm³/mol. The SMILES string of the molecule is C=C(C)[C@@H]1CC[C@]2(CCC(=O)N3CCCCC3)CC[C@]3(C)[C@H](CC[C@@H]4[C@@]5(C)CC[C@H](OC(=O)CC(C)(C)CC(=O)O)C(C)(C)[C@@H]5CC[C@]43C)[C@@H]12. The number of carbonyl (C=O) groups excluding carboxylic acids is 2. The van der Waals surface area contributed by atoms with Gasteiger partial charge in [0.2, 0.25) is 5.91 Å². The first-order valence-corrected chi connectivity index (χ1v) is 20.6. The van der Waals surface area contributed by atoms with Crippen LogP contribution in [0.4, 0.5) is 0 Å². The van der Waals surface area contributed by atoms with E-state index in [1.807, 2.05) is 13.8 Å². The maximum absolute atomic E-state index is 13.5. The Kier molecular flexibility index (Phi) is 10.0. The molecule has 1 aliphatic heterocycles. The van der Waals surface area contributed by atoms with Crippen LogP contribution in [0.15, 0.2) is 12.2 Å². The molecule has 6 rings (SSSR count). The van der Waals surface area contributed by atoms with E-state index in [2.05, 4.69) is 53.0 Å². The summed E-state index contributed by atoms with van der Waals surface area (Å²) in [5.41, 5.74) is 1.57. The Labute approximate surface area is 304 Å². The summed E-state index contributed by atoms with van der Waals surface area (Å²) in [6, 6.07) is 0. The van der Waals surface area contributed by atoms with Crippen LogP contribution in [0.3, 0.4) is 0 Å². The lowest BCUT2D eigenvalue weighted by atomic mass is 9.32. The maximum Gasteiger partial charge on any atom is 0.306 e. The number of carboxylic acid groups (broad SMARTS) is 1. The van der Waals surface area contributed by atoms with E-state index >= 15 is 0 Å². The van der Waals surface area contributed by atoms with E-state index in [4.69, 9.17) is 4.74 Å². The number of carbonyl (C=O) groups is 3. The number of amides is 1. The molecule has 0 spiro atoms. The van der Waals surface area contributed by atoms with Gasteiger partial charge in [-0.1, -0.05) is 60.6 Å². The number of allylic oxidation sites excluding steroid dienone is 1. The van der Waals surface area contributed by atoms with Crippen LogP contribution in [0, 0.1) is 62.1 Å². The van der Waals surface area contributed by atoms with Crippen molar-refractivity contribution in [1.29, 1.82) is 0 Å². The molecule has 6 heteroatoms. The second-order valence-electron chi connectivity index (χ2n) is 20.7. The van der Waals surface area contributed by atoms with Gasteiger partial charge in [-0.05, 0) is 153 Å². The summed E-state index contributed by atoms with van der Waals surface area (Å²) < 4.78 is 6.29. The minimum absolute atomic E-state index is 0.0390. The van der Waals surface area contributed by atoms with E-state index in [1.165, 1.54) is 63.4 Å². The molecule has 0 bridgehead atoms. The number of piperidine rings is 1. The molecule has 1 amide bonds. The molecular formula is C44H71NO5. The number of likely N-dealkylation sites (tertiary alicyclic amines) is 1. The molecule has 1 heterocycles. The third kappa shape index (κ3) is 6.20. The van der Waals surface area contributed by atoms with Gasteiger partial charge in [0, 0.05) is 24.9 Å². The van der Waals surface area contributed by atoms with Crippen molar-refractivity contribution in [3.05, 3.63) is 12.2 Å². The van der Waals surface area contributed by atoms with Crippen molar-refractivity contribution in [2.75, 3.05) is 13.1 Å². The average Bonchev–Trinajstić information content (AvgIpc) is 3.41. The van der Waals surface area contributed by atoms with Gasteiger partial charge in [-0.25, -0.2) is 0 Å². The fourth-order valence-electron chi connectivity index (χ4n) is 14.6. The molecule has 50 heavy (non-hydrogen) atoms. The van der Waals surface area contributed by atoms with Crippen LogP contribution in [-0.4, -0.2) is 47.0 Å². The number of aliphatic carboxylic acids is 1. The van der Waals surface area contributed by atoms with Crippen molar-refractivity contribution in [3.63, 3.8) is 0 Å². The quantitative estimate of drug-likeness (QED) is 0.192. The Hall–Kier alpha value is -1.85. The molecular weight excluding hydrogens is 622 g/mol. The monoisotopic (exact) mass is 694 g/mol. The second kappa shape index (κ2) is 13.2. The molecule has 0 radical (unpaired) electrons. The van der Waals surface area contributed by atoms with Gasteiger partial charge in [0.25, 0.3) is 0 Å². The second-order valence-corrected chi connectivity index (χ2v) is 20.7. The number of fused-ring (bicyclic) bond motifs is 7. The summed E-state index contributed by atoms with van der Waals surface area (Å²) in [6.45, 7) is 25.2. The summed E-state index contributed by atoms with van der Waals surface area (Å²) in [6.07, 6.45) is 17.3. The van der Waals surface area contributed by atoms with Crippen LogP contribution < -0.4 is 0 Å². The Morgan fingerprint density at radius 1 is 0.820 bits per heavy atom. The lowest BCUT2D eigenvalue weighted by Crippen LogP contribution is -2.66. The molecule has 1 saturated heterocycles. The molecule has 6 aliphatic rings. The third-order valence-electron chi connectivity index (χ3n) is 17.3. The molecule has 0 aromatic rings. The first-order valence-electron chi connectivity index (χ1n) is 20.6. The van der Waals surface area contributed by atoms with Gasteiger partial charge in [-0.15, -0.1) is 0 Å². The number of esters is 1. The van der Waals surface area contributed by atoms with Crippen molar-refractivity contribution in [3.8, 4) is 0 Å². The molecule has 0 unspecified atom stereocenters. The van der Waals surface area contributed by atoms with Gasteiger partial charge in [0.05, 0.1) is 12.8 Å². The molecule has 0 aromatic carbocycles. The van der Waals surface area contributed by atoms with Gasteiger partial charge < -0.3 is 14.7 Å². The van der Waals surface area contributed by atoms with Crippen molar-refractivity contribution >= 4 is 17.8 Å². The summed E-state index contributed by atoms with van der Waals surface area (Å²) in [4.78, 5) is 40.3. The minimum Gasteiger partial charge on any atom is -0.481 e. The molecule has 6 nitrogen and oxygen atoms in total. The molecule has 5 aliphatic carbocycles. The summed E-state index contributed by atoms with van der Waals surface area (Å²) in [7, 11) is 0. The smallest absolute Gasteiger partial charge is 0.306 e. The van der Waals surface area contributed by atoms with Gasteiger partial charge in [0.15, 0.2) is 0 Å². The zero-order valence-corrected chi connectivity index (χ0v) is 33.1. The van der Waals surface area contributed by atoms with Gasteiger partial charge in [-0.2, -0.15) is 0 Å². The average molecular weight is 694 g/mol. The lowest BCUT2D eigenvalue weighted by Gasteiger charge is -2.73.